The van der Waals surface area contributed by atoms with E-state index >= 15 is 0 Å². The lowest BCUT2D eigenvalue weighted by Crippen LogP contribution is -2.23. The minimum absolute atomic E-state index is 0.0193. The number of benzene rings is 2. The zero-order valence-corrected chi connectivity index (χ0v) is 17.2. The van der Waals surface area contributed by atoms with E-state index in [9.17, 15) is 22.4 Å². The zero-order chi connectivity index (χ0) is 21.2. The van der Waals surface area contributed by atoms with Gasteiger partial charge < -0.3 is 9.30 Å². The van der Waals surface area contributed by atoms with Crippen LogP contribution >= 0.6 is 11.3 Å². The first-order chi connectivity index (χ1) is 13.8. The van der Waals surface area contributed by atoms with Gasteiger partial charge in [-0.05, 0) is 30.3 Å². The van der Waals surface area contributed by atoms with Crippen molar-refractivity contribution in [1.82, 2.24) is 4.57 Å². The smallest absolute Gasteiger partial charge is 0.325 e. The number of para-hydroxylation sites is 1. The van der Waals surface area contributed by atoms with Crippen molar-refractivity contribution in [1.29, 1.82) is 0 Å². The molecule has 0 atom stereocenters. The SMILES string of the molecule is CCS(=O)(=O)c1cccc(C(=O)N=c2sc3cccc(F)c3n2CC(=O)OC)c1. The third kappa shape index (κ3) is 4.28. The van der Waals surface area contributed by atoms with Crippen LogP contribution in [0.25, 0.3) is 10.2 Å². The third-order valence-corrected chi connectivity index (χ3v) is 6.96. The number of sulfone groups is 1. The van der Waals surface area contributed by atoms with Crippen molar-refractivity contribution in [3.05, 3.63) is 58.6 Å². The van der Waals surface area contributed by atoms with E-state index in [4.69, 9.17) is 0 Å². The zero-order valence-electron chi connectivity index (χ0n) is 15.6. The van der Waals surface area contributed by atoms with Crippen LogP contribution < -0.4 is 4.80 Å². The van der Waals surface area contributed by atoms with Crippen LogP contribution in [-0.4, -0.2) is 37.7 Å². The van der Waals surface area contributed by atoms with Gasteiger partial charge in [-0.25, -0.2) is 12.8 Å². The highest BCUT2D eigenvalue weighted by atomic mass is 32.2. The number of esters is 1. The summed E-state index contributed by atoms with van der Waals surface area (Å²) in [5, 5.41) is 0. The Morgan fingerprint density at radius 3 is 2.62 bits per heavy atom. The van der Waals surface area contributed by atoms with Crippen LogP contribution in [0.5, 0.6) is 0 Å². The first-order valence-corrected chi connectivity index (χ1v) is 11.0. The fourth-order valence-electron chi connectivity index (χ4n) is 2.65. The molecule has 0 bridgehead atoms. The molecule has 0 unspecified atom stereocenters. The Morgan fingerprint density at radius 1 is 1.21 bits per heavy atom. The molecular formula is C19H17FN2O5S2. The average Bonchev–Trinajstić information content (AvgIpc) is 3.06. The summed E-state index contributed by atoms with van der Waals surface area (Å²) in [7, 11) is -2.28. The first-order valence-electron chi connectivity index (χ1n) is 8.53. The molecule has 0 aliphatic heterocycles. The fraction of sp³-hybridized carbons (Fsp3) is 0.211. The number of carbonyl (C=O) groups is 2. The maximum Gasteiger partial charge on any atom is 0.325 e. The molecule has 0 aliphatic carbocycles. The van der Waals surface area contributed by atoms with Crippen molar-refractivity contribution < 1.29 is 27.1 Å². The van der Waals surface area contributed by atoms with Crippen molar-refractivity contribution in [2.45, 2.75) is 18.4 Å². The van der Waals surface area contributed by atoms with Crippen LogP contribution in [0.2, 0.25) is 0 Å². The predicted octanol–water partition coefficient (Wildman–Crippen LogP) is 2.55. The number of rotatable bonds is 5. The molecule has 0 saturated heterocycles. The van der Waals surface area contributed by atoms with Crippen LogP contribution in [-0.2, 0) is 25.9 Å². The molecule has 0 radical (unpaired) electrons. The number of carbonyl (C=O) groups excluding carboxylic acids is 2. The monoisotopic (exact) mass is 436 g/mol. The number of amides is 1. The maximum atomic E-state index is 14.3. The largest absolute Gasteiger partial charge is 0.468 e. The Labute approximate surface area is 170 Å². The molecule has 29 heavy (non-hydrogen) atoms. The molecule has 2 aromatic carbocycles. The van der Waals surface area contributed by atoms with Gasteiger partial charge in [0.15, 0.2) is 14.6 Å². The summed E-state index contributed by atoms with van der Waals surface area (Å²) in [5.74, 6) is -1.99. The van der Waals surface area contributed by atoms with Gasteiger partial charge >= 0.3 is 5.97 Å². The lowest BCUT2D eigenvalue weighted by atomic mass is 10.2. The third-order valence-electron chi connectivity index (χ3n) is 4.18. The number of hydrogen-bond acceptors (Lipinski definition) is 6. The molecule has 7 nitrogen and oxygen atoms in total. The predicted molar refractivity (Wildman–Crippen MR) is 106 cm³/mol. The molecule has 0 spiro atoms. The van der Waals surface area contributed by atoms with Crippen LogP contribution in [0.15, 0.2) is 52.4 Å². The van der Waals surface area contributed by atoms with Gasteiger partial charge in [0.2, 0.25) is 0 Å². The Bertz CT molecular complexity index is 1280. The lowest BCUT2D eigenvalue weighted by molar-refractivity contribution is -0.141. The van der Waals surface area contributed by atoms with Crippen molar-refractivity contribution in [3.63, 3.8) is 0 Å². The minimum Gasteiger partial charge on any atom is -0.468 e. The Hall–Kier alpha value is -2.85. The normalized spacial score (nSPS) is 12.3. The molecule has 0 aliphatic rings. The van der Waals surface area contributed by atoms with E-state index in [2.05, 4.69) is 9.73 Å². The standard InChI is InChI=1S/C19H17FN2O5S2/c1-3-29(25,26)13-7-4-6-12(10-13)18(24)21-19-22(11-16(23)27-2)17-14(20)8-5-9-15(17)28-19/h4-10H,3,11H2,1-2H3. The second-order valence-corrected chi connectivity index (χ2v) is 9.27. The van der Waals surface area contributed by atoms with Crippen LogP contribution in [0.4, 0.5) is 4.39 Å². The Kier molecular flexibility index (Phi) is 5.94. The van der Waals surface area contributed by atoms with Gasteiger partial charge in [-0.3, -0.25) is 9.59 Å². The Balaban J connectivity index is 2.14. The van der Waals surface area contributed by atoms with E-state index < -0.39 is 27.5 Å². The minimum atomic E-state index is -3.49. The molecule has 0 saturated carbocycles. The molecule has 10 heteroatoms. The molecule has 1 heterocycles. The van der Waals surface area contributed by atoms with Crippen molar-refractivity contribution in [3.8, 4) is 0 Å². The summed E-state index contributed by atoms with van der Waals surface area (Å²) in [6.45, 7) is 1.18. The Morgan fingerprint density at radius 2 is 1.93 bits per heavy atom. The number of methoxy groups -OCH3 is 1. The molecule has 0 N–H and O–H groups in total. The van der Waals surface area contributed by atoms with Gasteiger partial charge in [0, 0.05) is 5.56 Å². The van der Waals surface area contributed by atoms with Gasteiger partial charge in [0.1, 0.15) is 12.4 Å². The van der Waals surface area contributed by atoms with Crippen LogP contribution in [0, 0.1) is 5.82 Å². The topological polar surface area (TPSA) is 94.8 Å². The van der Waals surface area contributed by atoms with Gasteiger partial charge in [-0.15, -0.1) is 0 Å². The summed E-state index contributed by atoms with van der Waals surface area (Å²) < 4.78 is 44.9. The second-order valence-electron chi connectivity index (χ2n) is 5.98. The first kappa shape index (κ1) is 20.9. The molecule has 152 valence electrons. The van der Waals surface area contributed by atoms with Crippen molar-refractivity contribution >= 4 is 43.3 Å². The van der Waals surface area contributed by atoms with E-state index in [0.29, 0.717) is 4.70 Å². The number of hydrogen-bond donors (Lipinski definition) is 0. The summed E-state index contributed by atoms with van der Waals surface area (Å²) in [6.07, 6.45) is 0. The number of aromatic nitrogens is 1. The quantitative estimate of drug-likeness (QED) is 0.573. The molecule has 1 aromatic heterocycles. The van der Waals surface area contributed by atoms with E-state index in [0.717, 1.165) is 11.3 Å². The van der Waals surface area contributed by atoms with Crippen LogP contribution in [0.3, 0.4) is 0 Å². The van der Waals surface area contributed by atoms with Gasteiger partial charge in [-0.1, -0.05) is 30.4 Å². The van der Waals surface area contributed by atoms with E-state index in [1.165, 1.54) is 55.0 Å². The highest BCUT2D eigenvalue weighted by Crippen LogP contribution is 2.21. The second kappa shape index (κ2) is 8.26. The fourth-order valence-corrected chi connectivity index (χ4v) is 4.62. The van der Waals surface area contributed by atoms with Gasteiger partial charge in [0.25, 0.3) is 5.91 Å². The van der Waals surface area contributed by atoms with E-state index in [1.807, 2.05) is 0 Å². The summed E-state index contributed by atoms with van der Waals surface area (Å²) in [5.41, 5.74) is 0.207. The lowest BCUT2D eigenvalue weighted by Gasteiger charge is -2.05. The number of halogens is 1. The van der Waals surface area contributed by atoms with Crippen molar-refractivity contribution in [2.75, 3.05) is 12.9 Å². The van der Waals surface area contributed by atoms with Gasteiger partial charge in [0.05, 0.1) is 28.0 Å². The number of nitrogens with zero attached hydrogens (tertiary/aromatic N) is 2. The molecule has 3 aromatic rings. The summed E-state index contributed by atoms with van der Waals surface area (Å²) >= 11 is 1.04. The average molecular weight is 436 g/mol. The van der Waals surface area contributed by atoms with E-state index in [1.54, 1.807) is 6.07 Å². The molecule has 3 rings (SSSR count). The molecule has 1 amide bonds. The highest BCUT2D eigenvalue weighted by molar-refractivity contribution is 7.91. The number of thiazole rings is 1. The summed E-state index contributed by atoms with van der Waals surface area (Å²) in [6, 6.07) is 9.96. The highest BCUT2D eigenvalue weighted by Gasteiger charge is 2.17. The number of fused-ring (bicyclic) bond motifs is 1. The molecular weight excluding hydrogens is 419 g/mol. The summed E-state index contributed by atoms with van der Waals surface area (Å²) in [4.78, 5) is 28.6. The molecule has 0 fully saturated rings. The van der Waals surface area contributed by atoms with E-state index in [-0.39, 0.29) is 33.1 Å². The van der Waals surface area contributed by atoms with Gasteiger partial charge in [-0.2, -0.15) is 4.99 Å². The number of ether oxygens (including phenoxy) is 1. The van der Waals surface area contributed by atoms with Crippen LogP contribution in [0.1, 0.15) is 17.3 Å². The maximum absolute atomic E-state index is 14.3. The van der Waals surface area contributed by atoms with Crippen molar-refractivity contribution in [2.24, 2.45) is 4.99 Å².